The molecule has 2 aromatic rings. The second-order valence-corrected chi connectivity index (χ2v) is 6.71. The molecule has 0 bridgehead atoms. The van der Waals surface area contributed by atoms with Gasteiger partial charge in [-0.25, -0.2) is 9.67 Å². The van der Waals surface area contributed by atoms with E-state index >= 15 is 0 Å². The van der Waals surface area contributed by atoms with Gasteiger partial charge in [-0.05, 0) is 57.8 Å². The van der Waals surface area contributed by atoms with Gasteiger partial charge in [0.2, 0.25) is 0 Å². The minimum Gasteiger partial charge on any atom is -0.348 e. The molecule has 1 amide bonds. The Bertz CT molecular complexity index is 726. The number of nitrogens with one attached hydrogen (secondary N) is 1. The summed E-state index contributed by atoms with van der Waals surface area (Å²) in [5.41, 5.74) is 1.46. The van der Waals surface area contributed by atoms with Gasteiger partial charge in [0.05, 0.1) is 17.5 Å². The fourth-order valence-electron chi connectivity index (χ4n) is 4.05. The molecule has 24 heavy (non-hydrogen) atoms. The van der Waals surface area contributed by atoms with Crippen LogP contribution < -0.4 is 5.32 Å². The largest absolute Gasteiger partial charge is 0.348 e. The molecule has 0 radical (unpaired) electrons. The van der Waals surface area contributed by atoms with Crippen molar-refractivity contribution in [1.29, 1.82) is 0 Å². The van der Waals surface area contributed by atoms with E-state index in [4.69, 9.17) is 0 Å². The Morgan fingerprint density at radius 3 is 2.88 bits per heavy atom. The molecule has 2 fully saturated rings. The molecule has 0 aromatic carbocycles. The molecular formula is C18H23N5O. The normalized spacial score (nSPS) is 23.9. The number of pyridine rings is 1. The van der Waals surface area contributed by atoms with E-state index in [9.17, 15) is 4.79 Å². The predicted octanol–water partition coefficient (Wildman–Crippen LogP) is 1.93. The van der Waals surface area contributed by atoms with Crippen molar-refractivity contribution < 1.29 is 4.79 Å². The molecule has 6 nitrogen and oxygen atoms in total. The molecule has 4 rings (SSSR count). The van der Waals surface area contributed by atoms with Crippen molar-refractivity contribution in [2.45, 2.75) is 44.7 Å². The number of hydrogen-bond donors (Lipinski definition) is 1. The van der Waals surface area contributed by atoms with E-state index in [-0.39, 0.29) is 11.9 Å². The minimum atomic E-state index is -0.0200. The molecule has 0 unspecified atom stereocenters. The van der Waals surface area contributed by atoms with Crippen molar-refractivity contribution in [2.24, 2.45) is 0 Å². The van der Waals surface area contributed by atoms with Crippen LogP contribution in [0.3, 0.4) is 0 Å². The quantitative estimate of drug-likeness (QED) is 0.937. The topological polar surface area (TPSA) is 63.1 Å². The molecule has 126 valence electrons. The highest BCUT2D eigenvalue weighted by Gasteiger charge is 2.35. The third kappa shape index (κ3) is 2.71. The van der Waals surface area contributed by atoms with Crippen LogP contribution in [0.5, 0.6) is 0 Å². The van der Waals surface area contributed by atoms with Crippen LogP contribution in [-0.4, -0.2) is 50.7 Å². The number of nitrogens with zero attached hydrogens (tertiary/aromatic N) is 4. The summed E-state index contributed by atoms with van der Waals surface area (Å²) < 4.78 is 1.72. The lowest BCUT2D eigenvalue weighted by Crippen LogP contribution is -2.52. The predicted molar refractivity (Wildman–Crippen MR) is 91.2 cm³/mol. The number of aromatic nitrogens is 3. The maximum absolute atomic E-state index is 12.8. The van der Waals surface area contributed by atoms with Crippen LogP contribution in [0.4, 0.5) is 0 Å². The summed E-state index contributed by atoms with van der Waals surface area (Å²) in [6.45, 7) is 4.26. The van der Waals surface area contributed by atoms with Gasteiger partial charge in [-0.1, -0.05) is 6.07 Å². The maximum Gasteiger partial charge on any atom is 0.255 e. The SMILES string of the molecule is Cc1c(C(=O)N[C@H]2CCCN3CCC[C@@H]23)cnn1-c1ccccn1. The second-order valence-electron chi connectivity index (χ2n) is 6.71. The van der Waals surface area contributed by atoms with Crippen LogP contribution >= 0.6 is 0 Å². The minimum absolute atomic E-state index is 0.0200. The van der Waals surface area contributed by atoms with Gasteiger partial charge in [-0.15, -0.1) is 0 Å². The highest BCUT2D eigenvalue weighted by molar-refractivity contribution is 5.95. The van der Waals surface area contributed by atoms with Crippen molar-refractivity contribution in [3.05, 3.63) is 41.9 Å². The number of rotatable bonds is 3. The first kappa shape index (κ1) is 15.3. The Morgan fingerprint density at radius 2 is 2.08 bits per heavy atom. The highest BCUT2D eigenvalue weighted by Crippen LogP contribution is 2.27. The van der Waals surface area contributed by atoms with Crippen molar-refractivity contribution in [2.75, 3.05) is 13.1 Å². The summed E-state index contributed by atoms with van der Waals surface area (Å²) in [6.07, 6.45) is 8.04. The molecule has 4 heterocycles. The standard InChI is InChI=1S/C18H23N5O/c1-13-14(12-20-23(13)17-8-2-3-9-19-17)18(24)21-15-6-4-10-22-11-5-7-16(15)22/h2-3,8-9,12,15-16H,4-7,10-11H2,1H3,(H,21,24)/t15-,16-/m0/s1. The van der Waals surface area contributed by atoms with Crippen LogP contribution in [0.25, 0.3) is 5.82 Å². The summed E-state index contributed by atoms with van der Waals surface area (Å²) in [5, 5.41) is 7.61. The number of carbonyl (C=O) groups excluding carboxylic acids is 1. The van der Waals surface area contributed by atoms with E-state index in [1.165, 1.54) is 25.9 Å². The Labute approximate surface area is 141 Å². The summed E-state index contributed by atoms with van der Waals surface area (Å²) in [5.74, 6) is 0.710. The van der Waals surface area contributed by atoms with E-state index in [0.717, 1.165) is 24.4 Å². The number of carbonyl (C=O) groups is 1. The Hall–Kier alpha value is -2.21. The summed E-state index contributed by atoms with van der Waals surface area (Å²) in [4.78, 5) is 19.6. The summed E-state index contributed by atoms with van der Waals surface area (Å²) in [7, 11) is 0. The molecule has 2 aliphatic rings. The Balaban J connectivity index is 1.52. The number of amides is 1. The molecule has 0 aliphatic carbocycles. The number of fused-ring (bicyclic) bond motifs is 1. The fourth-order valence-corrected chi connectivity index (χ4v) is 4.05. The third-order valence-electron chi connectivity index (χ3n) is 5.28. The van der Waals surface area contributed by atoms with E-state index in [1.807, 2.05) is 25.1 Å². The molecule has 0 saturated carbocycles. The molecule has 6 heteroatoms. The van der Waals surface area contributed by atoms with Crippen LogP contribution in [0.1, 0.15) is 41.7 Å². The number of piperidine rings is 1. The Kier molecular flexibility index (Phi) is 4.06. The lowest BCUT2D eigenvalue weighted by molar-refractivity contribution is 0.0867. The van der Waals surface area contributed by atoms with Crippen LogP contribution in [-0.2, 0) is 0 Å². The van der Waals surface area contributed by atoms with Crippen LogP contribution in [0.2, 0.25) is 0 Å². The first-order valence-electron chi connectivity index (χ1n) is 8.75. The number of hydrogen-bond acceptors (Lipinski definition) is 4. The molecular weight excluding hydrogens is 302 g/mol. The monoisotopic (exact) mass is 325 g/mol. The first-order chi connectivity index (χ1) is 11.7. The zero-order valence-corrected chi connectivity index (χ0v) is 14.0. The van der Waals surface area contributed by atoms with Gasteiger partial charge in [0.15, 0.2) is 5.82 Å². The molecule has 2 aromatic heterocycles. The third-order valence-corrected chi connectivity index (χ3v) is 5.28. The van der Waals surface area contributed by atoms with Gasteiger partial charge < -0.3 is 5.32 Å². The van der Waals surface area contributed by atoms with Crippen molar-refractivity contribution in [3.63, 3.8) is 0 Å². The zero-order valence-electron chi connectivity index (χ0n) is 14.0. The van der Waals surface area contributed by atoms with Crippen LogP contribution in [0.15, 0.2) is 30.6 Å². The van der Waals surface area contributed by atoms with E-state index < -0.39 is 0 Å². The molecule has 2 aliphatic heterocycles. The Morgan fingerprint density at radius 1 is 1.25 bits per heavy atom. The lowest BCUT2D eigenvalue weighted by atomic mass is 9.96. The summed E-state index contributed by atoms with van der Waals surface area (Å²) >= 11 is 0. The maximum atomic E-state index is 12.8. The highest BCUT2D eigenvalue weighted by atomic mass is 16.1. The summed E-state index contributed by atoms with van der Waals surface area (Å²) in [6, 6.07) is 6.44. The zero-order chi connectivity index (χ0) is 16.5. The van der Waals surface area contributed by atoms with E-state index in [2.05, 4.69) is 20.3 Å². The van der Waals surface area contributed by atoms with Gasteiger partial charge in [0.25, 0.3) is 5.91 Å². The molecule has 0 spiro atoms. The molecule has 2 saturated heterocycles. The van der Waals surface area contributed by atoms with Gasteiger partial charge in [-0.3, -0.25) is 9.69 Å². The van der Waals surface area contributed by atoms with E-state index in [1.54, 1.807) is 17.1 Å². The van der Waals surface area contributed by atoms with Gasteiger partial charge in [-0.2, -0.15) is 5.10 Å². The van der Waals surface area contributed by atoms with Gasteiger partial charge >= 0.3 is 0 Å². The van der Waals surface area contributed by atoms with E-state index in [0.29, 0.717) is 11.6 Å². The lowest BCUT2D eigenvalue weighted by Gasteiger charge is -2.37. The van der Waals surface area contributed by atoms with Gasteiger partial charge in [0, 0.05) is 18.3 Å². The average molecular weight is 325 g/mol. The van der Waals surface area contributed by atoms with Crippen LogP contribution in [0, 0.1) is 6.92 Å². The average Bonchev–Trinajstić information content (AvgIpc) is 3.23. The molecule has 2 atom stereocenters. The van der Waals surface area contributed by atoms with Gasteiger partial charge in [0.1, 0.15) is 0 Å². The second kappa shape index (κ2) is 6.36. The van der Waals surface area contributed by atoms with Crippen molar-refractivity contribution in [3.8, 4) is 5.82 Å². The van der Waals surface area contributed by atoms with Crippen molar-refractivity contribution >= 4 is 5.91 Å². The van der Waals surface area contributed by atoms with Crippen molar-refractivity contribution in [1.82, 2.24) is 25.0 Å². The smallest absolute Gasteiger partial charge is 0.255 e. The fraction of sp³-hybridized carbons (Fsp3) is 0.500. The molecule has 1 N–H and O–H groups in total. The first-order valence-corrected chi connectivity index (χ1v) is 8.75.